The van der Waals surface area contributed by atoms with E-state index in [9.17, 15) is 14.7 Å². The molecule has 4 rings (SSSR count). The first-order valence-electron chi connectivity index (χ1n) is 10.3. The lowest BCUT2D eigenvalue weighted by Gasteiger charge is -2.70. The molecule has 2 aliphatic heterocycles. The summed E-state index contributed by atoms with van der Waals surface area (Å²) in [6.45, 7) is 6.51. The SMILES string of the molecule is CCC(=O)N1CC2(C1)[C@H](c1ccc(-c3ccccc3C)cc1)[C@H](CO)N2C(C)=O. The maximum absolute atomic E-state index is 12.3. The van der Waals surface area contributed by atoms with Crippen molar-refractivity contribution in [3.8, 4) is 11.1 Å². The summed E-state index contributed by atoms with van der Waals surface area (Å²) in [5, 5.41) is 10.0. The summed E-state index contributed by atoms with van der Waals surface area (Å²) in [7, 11) is 0. The molecule has 0 bridgehead atoms. The van der Waals surface area contributed by atoms with E-state index in [1.165, 1.54) is 11.1 Å². The predicted molar refractivity (Wildman–Crippen MR) is 112 cm³/mol. The van der Waals surface area contributed by atoms with Gasteiger partial charge in [-0.15, -0.1) is 0 Å². The molecular formula is C24H28N2O3. The van der Waals surface area contributed by atoms with Crippen molar-refractivity contribution in [1.82, 2.24) is 9.80 Å². The number of amides is 2. The molecule has 2 heterocycles. The Balaban J connectivity index is 1.64. The second-order valence-electron chi connectivity index (χ2n) is 8.26. The summed E-state index contributed by atoms with van der Waals surface area (Å²) < 4.78 is 0. The number of aliphatic hydroxyl groups is 1. The molecule has 2 atom stereocenters. The number of aryl methyl sites for hydroxylation is 1. The van der Waals surface area contributed by atoms with Crippen LogP contribution in [-0.2, 0) is 9.59 Å². The van der Waals surface area contributed by atoms with Crippen LogP contribution in [0.25, 0.3) is 11.1 Å². The van der Waals surface area contributed by atoms with E-state index in [-0.39, 0.29) is 30.4 Å². The summed E-state index contributed by atoms with van der Waals surface area (Å²) >= 11 is 0. The monoisotopic (exact) mass is 392 g/mol. The number of hydrogen-bond donors (Lipinski definition) is 1. The van der Waals surface area contributed by atoms with Crippen molar-refractivity contribution in [3.63, 3.8) is 0 Å². The zero-order chi connectivity index (χ0) is 20.8. The molecule has 2 aromatic carbocycles. The molecule has 0 saturated carbocycles. The van der Waals surface area contributed by atoms with Gasteiger partial charge in [-0.05, 0) is 29.2 Å². The highest BCUT2D eigenvalue weighted by Crippen LogP contribution is 2.54. The van der Waals surface area contributed by atoms with E-state index >= 15 is 0 Å². The van der Waals surface area contributed by atoms with Crippen LogP contribution in [0.4, 0.5) is 0 Å². The Morgan fingerprint density at radius 2 is 1.76 bits per heavy atom. The molecule has 2 amide bonds. The summed E-state index contributed by atoms with van der Waals surface area (Å²) in [5.41, 5.74) is 4.30. The van der Waals surface area contributed by atoms with Crippen molar-refractivity contribution < 1.29 is 14.7 Å². The second-order valence-corrected chi connectivity index (χ2v) is 8.26. The van der Waals surface area contributed by atoms with Crippen molar-refractivity contribution in [1.29, 1.82) is 0 Å². The minimum Gasteiger partial charge on any atom is -0.394 e. The molecule has 1 spiro atoms. The number of benzene rings is 2. The largest absolute Gasteiger partial charge is 0.394 e. The fourth-order valence-electron chi connectivity index (χ4n) is 5.30. The average molecular weight is 392 g/mol. The molecule has 0 unspecified atom stereocenters. The van der Waals surface area contributed by atoms with Crippen LogP contribution < -0.4 is 0 Å². The van der Waals surface area contributed by atoms with Gasteiger partial charge in [0.15, 0.2) is 0 Å². The van der Waals surface area contributed by atoms with Gasteiger partial charge in [-0.3, -0.25) is 9.59 Å². The van der Waals surface area contributed by atoms with Gasteiger partial charge in [-0.25, -0.2) is 0 Å². The highest BCUT2D eigenvalue weighted by atomic mass is 16.3. The topological polar surface area (TPSA) is 60.9 Å². The van der Waals surface area contributed by atoms with Crippen molar-refractivity contribution in [2.75, 3.05) is 19.7 Å². The van der Waals surface area contributed by atoms with Gasteiger partial charge in [0.1, 0.15) is 0 Å². The van der Waals surface area contributed by atoms with E-state index in [0.29, 0.717) is 19.5 Å². The highest BCUT2D eigenvalue weighted by molar-refractivity contribution is 5.81. The fourth-order valence-corrected chi connectivity index (χ4v) is 5.30. The van der Waals surface area contributed by atoms with Crippen LogP contribution in [-0.4, -0.2) is 58.0 Å². The van der Waals surface area contributed by atoms with Gasteiger partial charge in [0.05, 0.1) is 18.2 Å². The Morgan fingerprint density at radius 3 is 2.31 bits per heavy atom. The molecule has 152 valence electrons. The van der Waals surface area contributed by atoms with Crippen LogP contribution in [0, 0.1) is 6.92 Å². The maximum atomic E-state index is 12.3. The lowest BCUT2D eigenvalue weighted by atomic mass is 9.60. The van der Waals surface area contributed by atoms with Gasteiger partial charge in [0.2, 0.25) is 11.8 Å². The van der Waals surface area contributed by atoms with Crippen LogP contribution in [0.15, 0.2) is 48.5 Å². The second kappa shape index (κ2) is 7.30. The Morgan fingerprint density at radius 1 is 1.10 bits per heavy atom. The van der Waals surface area contributed by atoms with Crippen LogP contribution in [0.3, 0.4) is 0 Å². The van der Waals surface area contributed by atoms with Gasteiger partial charge in [0.25, 0.3) is 0 Å². The Labute approximate surface area is 171 Å². The molecule has 0 radical (unpaired) electrons. The van der Waals surface area contributed by atoms with Crippen molar-refractivity contribution in [2.45, 2.75) is 44.7 Å². The third-order valence-electron chi connectivity index (χ3n) is 6.61. The molecule has 2 aliphatic rings. The van der Waals surface area contributed by atoms with Crippen LogP contribution >= 0.6 is 0 Å². The predicted octanol–water partition coefficient (Wildman–Crippen LogP) is 2.96. The number of hydrogen-bond acceptors (Lipinski definition) is 3. The van der Waals surface area contributed by atoms with Gasteiger partial charge >= 0.3 is 0 Å². The highest BCUT2D eigenvalue weighted by Gasteiger charge is 2.67. The first-order chi connectivity index (χ1) is 13.9. The lowest BCUT2D eigenvalue weighted by molar-refractivity contribution is -0.201. The Bertz CT molecular complexity index is 931. The molecule has 5 heteroatoms. The zero-order valence-electron chi connectivity index (χ0n) is 17.3. The average Bonchev–Trinajstić information content (AvgIpc) is 2.67. The van der Waals surface area contributed by atoms with E-state index < -0.39 is 5.54 Å². The van der Waals surface area contributed by atoms with Gasteiger partial charge in [-0.2, -0.15) is 0 Å². The van der Waals surface area contributed by atoms with Gasteiger partial charge in [0, 0.05) is 32.4 Å². The first-order valence-corrected chi connectivity index (χ1v) is 10.3. The lowest BCUT2D eigenvalue weighted by Crippen LogP contribution is -2.85. The third kappa shape index (κ3) is 2.96. The van der Waals surface area contributed by atoms with E-state index in [1.54, 1.807) is 11.8 Å². The molecule has 0 aliphatic carbocycles. The Kier molecular flexibility index (Phi) is 4.95. The van der Waals surface area contributed by atoms with E-state index in [1.807, 2.05) is 24.0 Å². The molecule has 0 aromatic heterocycles. The minimum atomic E-state index is -0.395. The molecule has 2 aromatic rings. The first kappa shape index (κ1) is 19.6. The van der Waals surface area contributed by atoms with E-state index in [4.69, 9.17) is 0 Å². The number of aliphatic hydroxyl groups excluding tert-OH is 1. The number of likely N-dealkylation sites (tertiary alicyclic amines) is 2. The number of nitrogens with zero attached hydrogens (tertiary/aromatic N) is 2. The van der Waals surface area contributed by atoms with Crippen LogP contribution in [0.1, 0.15) is 37.3 Å². The van der Waals surface area contributed by atoms with Crippen LogP contribution in [0.2, 0.25) is 0 Å². The zero-order valence-corrected chi connectivity index (χ0v) is 17.3. The summed E-state index contributed by atoms with van der Waals surface area (Å²) in [6, 6.07) is 16.5. The van der Waals surface area contributed by atoms with Crippen molar-refractivity contribution in [3.05, 3.63) is 59.7 Å². The normalized spacial score (nSPS) is 22.2. The molecule has 2 saturated heterocycles. The minimum absolute atomic E-state index is 0.0308. The smallest absolute Gasteiger partial charge is 0.222 e. The molecular weight excluding hydrogens is 364 g/mol. The molecule has 29 heavy (non-hydrogen) atoms. The van der Waals surface area contributed by atoms with Gasteiger partial charge < -0.3 is 14.9 Å². The molecule has 5 nitrogen and oxygen atoms in total. The van der Waals surface area contributed by atoms with Crippen molar-refractivity contribution in [2.24, 2.45) is 0 Å². The molecule has 1 N–H and O–H groups in total. The number of carbonyl (C=O) groups excluding carboxylic acids is 2. The van der Waals surface area contributed by atoms with E-state index in [0.717, 1.165) is 11.1 Å². The summed E-state index contributed by atoms with van der Waals surface area (Å²) in [4.78, 5) is 28.0. The third-order valence-corrected chi connectivity index (χ3v) is 6.61. The summed E-state index contributed by atoms with van der Waals surface area (Å²) in [5.74, 6) is 0.101. The fraction of sp³-hybridized carbons (Fsp3) is 0.417. The quantitative estimate of drug-likeness (QED) is 0.870. The van der Waals surface area contributed by atoms with Crippen LogP contribution in [0.5, 0.6) is 0 Å². The Hall–Kier alpha value is -2.66. The van der Waals surface area contributed by atoms with E-state index in [2.05, 4.69) is 43.3 Å². The van der Waals surface area contributed by atoms with Crippen molar-refractivity contribution >= 4 is 11.8 Å². The summed E-state index contributed by atoms with van der Waals surface area (Å²) in [6.07, 6.45) is 0.468. The standard InChI is InChI=1S/C24H28N2O3/c1-4-22(29)25-14-24(15-25)23(21(13-27)26(24)17(3)28)19-11-9-18(10-12-19)20-8-6-5-7-16(20)2/h5-12,21,23,27H,4,13-15H2,1-3H3/t21-,23+/m0/s1. The molecule has 2 fully saturated rings. The number of carbonyl (C=O) groups is 2. The maximum Gasteiger partial charge on any atom is 0.222 e. The van der Waals surface area contributed by atoms with Gasteiger partial charge in [-0.1, -0.05) is 55.5 Å². The number of rotatable bonds is 4.